The average Bonchev–Trinajstić information content (AvgIpc) is 2.58. The summed E-state index contributed by atoms with van der Waals surface area (Å²) in [5.41, 5.74) is 6.40. The Morgan fingerprint density at radius 3 is 3.00 bits per heavy atom. The fourth-order valence-corrected chi connectivity index (χ4v) is 1.54. The Kier molecular flexibility index (Phi) is 1.72. The fourth-order valence-electron chi connectivity index (χ4n) is 1.54. The number of esters is 1. The first-order valence-electron chi connectivity index (χ1n) is 4.17. The second-order valence-electron chi connectivity index (χ2n) is 3.13. The highest BCUT2D eigenvalue weighted by atomic mass is 16.5. The molecule has 1 aromatic heterocycles. The maximum Gasteiger partial charge on any atom is 0.331 e. The number of hydrogen-bond donors (Lipinski definition) is 1. The maximum atomic E-state index is 11.2. The van der Waals surface area contributed by atoms with E-state index in [9.17, 15) is 4.79 Å². The summed E-state index contributed by atoms with van der Waals surface area (Å²) in [6.07, 6.45) is 0.681. The molecule has 1 aliphatic rings. The summed E-state index contributed by atoms with van der Waals surface area (Å²) in [6.45, 7) is 2.34. The summed E-state index contributed by atoms with van der Waals surface area (Å²) in [6, 6.07) is 1.46. The number of nitrogen functional groups attached to an aromatic ring is 1. The molecule has 5 nitrogen and oxygen atoms in total. The van der Waals surface area contributed by atoms with Gasteiger partial charge in [-0.3, -0.25) is 4.68 Å². The Bertz CT molecular complexity index is 345. The van der Waals surface area contributed by atoms with Crippen LogP contribution < -0.4 is 5.73 Å². The molecular weight excluding hydrogens is 170 g/mol. The van der Waals surface area contributed by atoms with Crippen molar-refractivity contribution >= 4 is 11.8 Å². The lowest BCUT2D eigenvalue weighted by Gasteiger charge is -2.07. The standard InChI is InChI=1S/C8H11N3O2/c1-5-4-7(9)10-11(5)6-2-3-13-8(6)12/h4,6H,2-3H2,1H3,(H2,9,10). The van der Waals surface area contributed by atoms with Crippen LogP contribution in [0.25, 0.3) is 0 Å². The summed E-state index contributed by atoms with van der Waals surface area (Å²) in [5, 5.41) is 4.04. The zero-order chi connectivity index (χ0) is 9.42. The highest BCUT2D eigenvalue weighted by molar-refractivity contribution is 5.76. The number of carbonyl (C=O) groups is 1. The van der Waals surface area contributed by atoms with Crippen molar-refractivity contribution in [3.8, 4) is 0 Å². The molecule has 13 heavy (non-hydrogen) atoms. The Hall–Kier alpha value is -1.52. The average molecular weight is 181 g/mol. The van der Waals surface area contributed by atoms with Crippen LogP contribution in [0.4, 0.5) is 5.82 Å². The van der Waals surface area contributed by atoms with Crippen molar-refractivity contribution in [2.75, 3.05) is 12.3 Å². The molecule has 2 rings (SSSR count). The van der Waals surface area contributed by atoms with E-state index in [1.807, 2.05) is 6.92 Å². The van der Waals surface area contributed by atoms with Crippen molar-refractivity contribution in [3.63, 3.8) is 0 Å². The van der Waals surface area contributed by atoms with E-state index in [0.717, 1.165) is 5.69 Å². The third-order valence-electron chi connectivity index (χ3n) is 2.14. The Morgan fingerprint density at radius 2 is 2.54 bits per heavy atom. The molecule has 1 saturated heterocycles. The van der Waals surface area contributed by atoms with Crippen LogP contribution in [0, 0.1) is 6.92 Å². The van der Waals surface area contributed by atoms with Crippen LogP contribution in [0.3, 0.4) is 0 Å². The van der Waals surface area contributed by atoms with Crippen molar-refractivity contribution in [2.45, 2.75) is 19.4 Å². The van der Waals surface area contributed by atoms with Gasteiger partial charge in [-0.05, 0) is 6.92 Å². The third kappa shape index (κ3) is 1.26. The van der Waals surface area contributed by atoms with Crippen molar-refractivity contribution < 1.29 is 9.53 Å². The number of anilines is 1. The molecular formula is C8H11N3O2. The first kappa shape index (κ1) is 8.10. The molecule has 5 heteroatoms. The van der Waals surface area contributed by atoms with Gasteiger partial charge in [0.25, 0.3) is 0 Å². The molecule has 0 amide bonds. The number of carbonyl (C=O) groups excluding carboxylic acids is 1. The van der Waals surface area contributed by atoms with Gasteiger partial charge in [0.05, 0.1) is 6.61 Å². The van der Waals surface area contributed by atoms with Crippen molar-refractivity contribution in [1.82, 2.24) is 9.78 Å². The van der Waals surface area contributed by atoms with Crippen LogP contribution >= 0.6 is 0 Å². The molecule has 1 atom stereocenters. The normalized spacial score (nSPS) is 21.9. The van der Waals surface area contributed by atoms with E-state index in [2.05, 4.69) is 5.10 Å². The van der Waals surface area contributed by atoms with Gasteiger partial charge in [-0.2, -0.15) is 5.10 Å². The van der Waals surface area contributed by atoms with Gasteiger partial charge in [-0.1, -0.05) is 0 Å². The lowest BCUT2D eigenvalue weighted by Crippen LogP contribution is -2.16. The minimum atomic E-state index is -0.280. The molecule has 1 aliphatic heterocycles. The van der Waals surface area contributed by atoms with Crippen LogP contribution in [-0.4, -0.2) is 22.4 Å². The number of hydrogen-bond acceptors (Lipinski definition) is 4. The van der Waals surface area contributed by atoms with Crippen LogP contribution in [0.1, 0.15) is 18.2 Å². The summed E-state index contributed by atoms with van der Waals surface area (Å²) in [4.78, 5) is 11.2. The smallest absolute Gasteiger partial charge is 0.331 e. The molecule has 0 aromatic carbocycles. The lowest BCUT2D eigenvalue weighted by atomic mass is 10.2. The van der Waals surface area contributed by atoms with Gasteiger partial charge in [0.15, 0.2) is 6.04 Å². The zero-order valence-electron chi connectivity index (χ0n) is 7.36. The first-order valence-corrected chi connectivity index (χ1v) is 4.17. The number of rotatable bonds is 1. The van der Waals surface area contributed by atoms with Crippen LogP contribution in [0.15, 0.2) is 6.07 Å². The number of aromatic nitrogens is 2. The van der Waals surface area contributed by atoms with E-state index in [1.165, 1.54) is 0 Å². The Morgan fingerprint density at radius 1 is 1.77 bits per heavy atom. The molecule has 70 valence electrons. The Labute approximate surface area is 75.5 Å². The molecule has 0 bridgehead atoms. The quantitative estimate of drug-likeness (QED) is 0.631. The van der Waals surface area contributed by atoms with Crippen LogP contribution in [-0.2, 0) is 9.53 Å². The number of ether oxygens (including phenoxy) is 1. The van der Waals surface area contributed by atoms with Gasteiger partial charge >= 0.3 is 5.97 Å². The lowest BCUT2D eigenvalue weighted by molar-refractivity contribution is -0.140. The maximum absolute atomic E-state index is 11.2. The molecule has 0 aliphatic carbocycles. The molecule has 0 spiro atoms. The van der Waals surface area contributed by atoms with Gasteiger partial charge in [0, 0.05) is 18.2 Å². The molecule has 2 heterocycles. The number of nitrogens with zero attached hydrogens (tertiary/aromatic N) is 2. The van der Waals surface area contributed by atoms with E-state index in [0.29, 0.717) is 18.8 Å². The molecule has 1 unspecified atom stereocenters. The van der Waals surface area contributed by atoms with E-state index >= 15 is 0 Å². The largest absolute Gasteiger partial charge is 0.464 e. The summed E-state index contributed by atoms with van der Waals surface area (Å²) in [7, 11) is 0. The molecule has 1 fully saturated rings. The summed E-state index contributed by atoms with van der Waals surface area (Å²) < 4.78 is 6.47. The number of nitrogens with two attached hydrogens (primary N) is 1. The van der Waals surface area contributed by atoms with Gasteiger partial charge in [-0.15, -0.1) is 0 Å². The van der Waals surface area contributed by atoms with Crippen LogP contribution in [0.2, 0.25) is 0 Å². The zero-order valence-corrected chi connectivity index (χ0v) is 7.36. The molecule has 0 radical (unpaired) electrons. The summed E-state index contributed by atoms with van der Waals surface area (Å²) in [5.74, 6) is 0.225. The second-order valence-corrected chi connectivity index (χ2v) is 3.13. The van der Waals surface area contributed by atoms with E-state index in [-0.39, 0.29) is 12.0 Å². The van der Waals surface area contributed by atoms with Gasteiger partial charge < -0.3 is 10.5 Å². The predicted molar refractivity (Wildman–Crippen MR) is 46.0 cm³/mol. The molecule has 2 N–H and O–H groups in total. The minimum Gasteiger partial charge on any atom is -0.464 e. The minimum absolute atomic E-state index is 0.216. The van der Waals surface area contributed by atoms with Gasteiger partial charge in [-0.25, -0.2) is 4.79 Å². The molecule has 1 aromatic rings. The SMILES string of the molecule is Cc1cc(N)nn1C1CCOC1=O. The third-order valence-corrected chi connectivity index (χ3v) is 2.14. The van der Waals surface area contributed by atoms with Crippen molar-refractivity contribution in [3.05, 3.63) is 11.8 Å². The highest BCUT2D eigenvalue weighted by Crippen LogP contribution is 2.22. The molecule has 0 saturated carbocycles. The van der Waals surface area contributed by atoms with Crippen molar-refractivity contribution in [2.24, 2.45) is 0 Å². The number of aryl methyl sites for hydroxylation is 1. The monoisotopic (exact) mass is 181 g/mol. The van der Waals surface area contributed by atoms with E-state index in [1.54, 1.807) is 10.7 Å². The van der Waals surface area contributed by atoms with E-state index < -0.39 is 0 Å². The Balaban J connectivity index is 2.34. The predicted octanol–water partition coefficient (Wildman–Crippen LogP) is 0.262. The fraction of sp³-hybridized carbons (Fsp3) is 0.500. The van der Waals surface area contributed by atoms with Crippen molar-refractivity contribution in [1.29, 1.82) is 0 Å². The second kappa shape index (κ2) is 2.76. The van der Waals surface area contributed by atoms with Gasteiger partial charge in [0.2, 0.25) is 0 Å². The first-order chi connectivity index (χ1) is 6.18. The van der Waals surface area contributed by atoms with Crippen LogP contribution in [0.5, 0.6) is 0 Å². The topological polar surface area (TPSA) is 70.1 Å². The highest BCUT2D eigenvalue weighted by Gasteiger charge is 2.29. The number of cyclic esters (lactones) is 1. The summed E-state index contributed by atoms with van der Waals surface area (Å²) >= 11 is 0. The van der Waals surface area contributed by atoms with Gasteiger partial charge in [0.1, 0.15) is 5.82 Å². The van der Waals surface area contributed by atoms with E-state index in [4.69, 9.17) is 10.5 Å².